The van der Waals surface area contributed by atoms with Crippen molar-refractivity contribution >= 4 is 23.2 Å². The lowest BCUT2D eigenvalue weighted by atomic mass is 10.1. The van der Waals surface area contributed by atoms with Crippen LogP contribution in [0.5, 0.6) is 0 Å². The third kappa shape index (κ3) is 6.71. The van der Waals surface area contributed by atoms with Crippen molar-refractivity contribution < 1.29 is 9.53 Å². The van der Waals surface area contributed by atoms with Crippen LogP contribution in [0.1, 0.15) is 15.9 Å². The number of carbonyl (C=O) groups is 1. The third-order valence-electron chi connectivity index (χ3n) is 7.22. The molecule has 1 saturated heterocycles. The van der Waals surface area contributed by atoms with E-state index in [0.29, 0.717) is 17.2 Å². The monoisotopic (exact) mass is 559 g/mol. The van der Waals surface area contributed by atoms with Crippen molar-refractivity contribution in [2.75, 3.05) is 43.5 Å². The van der Waals surface area contributed by atoms with Gasteiger partial charge in [0.15, 0.2) is 0 Å². The number of anilines is 3. The molecule has 9 nitrogen and oxygen atoms in total. The van der Waals surface area contributed by atoms with Gasteiger partial charge in [0.25, 0.3) is 5.91 Å². The summed E-state index contributed by atoms with van der Waals surface area (Å²) in [4.78, 5) is 24.3. The van der Waals surface area contributed by atoms with Gasteiger partial charge in [0.1, 0.15) is 5.69 Å². The SMILES string of the molecule is Cn1cc(-c2ccnc(Nc3cccc(CCN4CCOCC4)c3)n2)c(-c2ccc(NC(=O)c3ccccc3)cc2)n1. The summed E-state index contributed by atoms with van der Waals surface area (Å²) >= 11 is 0. The Balaban J connectivity index is 1.16. The minimum absolute atomic E-state index is 0.148. The van der Waals surface area contributed by atoms with Crippen LogP contribution in [0.4, 0.5) is 17.3 Å². The van der Waals surface area contributed by atoms with Gasteiger partial charge in [-0.15, -0.1) is 0 Å². The van der Waals surface area contributed by atoms with Crippen LogP contribution in [0.3, 0.4) is 0 Å². The number of aromatic nitrogens is 4. The standard InChI is InChI=1S/C33H33N7O2/c1-39-23-29(31(38-39)25-10-12-27(13-11-25)35-32(41)26-7-3-2-4-8-26)30-14-16-34-33(37-30)36-28-9-5-6-24(22-28)15-17-40-18-20-42-21-19-40/h2-14,16,22-23H,15,17-21H2,1H3,(H,35,41)(H,34,36,37). The number of rotatable bonds is 9. The molecule has 2 aromatic heterocycles. The maximum atomic E-state index is 12.5. The molecule has 1 aliphatic rings. The number of aryl methyl sites for hydroxylation is 1. The van der Waals surface area contributed by atoms with Gasteiger partial charge < -0.3 is 15.4 Å². The topological polar surface area (TPSA) is 97.2 Å². The summed E-state index contributed by atoms with van der Waals surface area (Å²) in [7, 11) is 1.89. The van der Waals surface area contributed by atoms with Crippen LogP contribution in [0, 0.1) is 0 Å². The molecule has 0 spiro atoms. The number of benzene rings is 3. The summed E-state index contributed by atoms with van der Waals surface area (Å²) < 4.78 is 7.24. The van der Waals surface area contributed by atoms with Crippen molar-refractivity contribution in [3.63, 3.8) is 0 Å². The van der Waals surface area contributed by atoms with Crippen LogP contribution in [0.25, 0.3) is 22.5 Å². The molecule has 3 aromatic carbocycles. The summed E-state index contributed by atoms with van der Waals surface area (Å²) in [6.45, 7) is 4.62. The minimum Gasteiger partial charge on any atom is -0.379 e. The molecule has 0 unspecified atom stereocenters. The van der Waals surface area contributed by atoms with Gasteiger partial charge in [0.05, 0.1) is 18.9 Å². The molecule has 212 valence electrons. The van der Waals surface area contributed by atoms with Crippen LogP contribution in [0.2, 0.25) is 0 Å². The van der Waals surface area contributed by atoms with E-state index in [0.717, 1.165) is 67.5 Å². The molecular weight excluding hydrogens is 526 g/mol. The number of hydrogen-bond acceptors (Lipinski definition) is 7. The number of nitrogens with zero attached hydrogens (tertiary/aromatic N) is 5. The van der Waals surface area contributed by atoms with E-state index in [1.807, 2.05) is 67.8 Å². The van der Waals surface area contributed by atoms with Crippen LogP contribution in [0.15, 0.2) is 97.3 Å². The first-order valence-corrected chi connectivity index (χ1v) is 14.1. The number of hydrogen-bond donors (Lipinski definition) is 2. The number of carbonyl (C=O) groups excluding carboxylic acids is 1. The predicted octanol–water partition coefficient (Wildman–Crippen LogP) is 5.41. The fraction of sp³-hybridized carbons (Fsp3) is 0.212. The Morgan fingerprint density at radius 3 is 2.55 bits per heavy atom. The van der Waals surface area contributed by atoms with Crippen LogP contribution >= 0.6 is 0 Å². The molecule has 1 fully saturated rings. The summed E-state index contributed by atoms with van der Waals surface area (Å²) in [6, 6.07) is 27.1. The Morgan fingerprint density at radius 1 is 0.929 bits per heavy atom. The van der Waals surface area contributed by atoms with Gasteiger partial charge in [0, 0.05) is 67.1 Å². The highest BCUT2D eigenvalue weighted by atomic mass is 16.5. The van der Waals surface area contributed by atoms with Crippen LogP contribution in [-0.2, 0) is 18.2 Å². The predicted molar refractivity (Wildman–Crippen MR) is 165 cm³/mol. The fourth-order valence-corrected chi connectivity index (χ4v) is 5.01. The molecule has 0 aliphatic carbocycles. The van der Waals surface area contributed by atoms with E-state index in [2.05, 4.69) is 38.7 Å². The molecule has 3 heterocycles. The zero-order valence-electron chi connectivity index (χ0n) is 23.5. The molecule has 1 aliphatic heterocycles. The van der Waals surface area contributed by atoms with Crippen molar-refractivity contribution in [3.8, 4) is 22.5 Å². The van der Waals surface area contributed by atoms with Gasteiger partial charge in [0.2, 0.25) is 5.95 Å². The molecule has 2 N–H and O–H groups in total. The highest BCUT2D eigenvalue weighted by molar-refractivity contribution is 6.04. The molecule has 42 heavy (non-hydrogen) atoms. The van der Waals surface area contributed by atoms with Crippen molar-refractivity contribution in [1.82, 2.24) is 24.6 Å². The van der Waals surface area contributed by atoms with E-state index in [1.54, 1.807) is 23.0 Å². The van der Waals surface area contributed by atoms with Crippen LogP contribution < -0.4 is 10.6 Å². The lowest BCUT2D eigenvalue weighted by Crippen LogP contribution is -2.37. The summed E-state index contributed by atoms with van der Waals surface area (Å²) in [5, 5.41) is 11.0. The van der Waals surface area contributed by atoms with Gasteiger partial charge in [-0.05, 0) is 54.4 Å². The second-order valence-electron chi connectivity index (χ2n) is 10.3. The Kier molecular flexibility index (Phi) is 8.30. The number of morpholine rings is 1. The normalized spacial score (nSPS) is 13.5. The van der Waals surface area contributed by atoms with E-state index in [1.165, 1.54) is 5.56 Å². The average molecular weight is 560 g/mol. The first-order chi connectivity index (χ1) is 20.6. The molecule has 0 bridgehead atoms. The largest absolute Gasteiger partial charge is 0.379 e. The first-order valence-electron chi connectivity index (χ1n) is 14.1. The average Bonchev–Trinajstić information content (AvgIpc) is 3.43. The highest BCUT2D eigenvalue weighted by Gasteiger charge is 2.15. The Hall–Kier alpha value is -4.86. The van der Waals surface area contributed by atoms with E-state index in [-0.39, 0.29) is 5.91 Å². The van der Waals surface area contributed by atoms with Crippen molar-refractivity contribution in [1.29, 1.82) is 0 Å². The van der Waals surface area contributed by atoms with E-state index in [4.69, 9.17) is 14.8 Å². The van der Waals surface area contributed by atoms with Crippen molar-refractivity contribution in [3.05, 3.63) is 108 Å². The third-order valence-corrected chi connectivity index (χ3v) is 7.22. The van der Waals surface area contributed by atoms with Gasteiger partial charge in [-0.3, -0.25) is 14.4 Å². The molecule has 6 rings (SSSR count). The lowest BCUT2D eigenvalue weighted by Gasteiger charge is -2.26. The Labute approximate surface area is 245 Å². The van der Waals surface area contributed by atoms with Gasteiger partial charge >= 0.3 is 0 Å². The van der Waals surface area contributed by atoms with Gasteiger partial charge in [-0.1, -0.05) is 42.5 Å². The smallest absolute Gasteiger partial charge is 0.255 e. The van der Waals surface area contributed by atoms with Gasteiger partial charge in [-0.2, -0.15) is 5.10 Å². The lowest BCUT2D eigenvalue weighted by molar-refractivity contribution is 0.0384. The highest BCUT2D eigenvalue weighted by Crippen LogP contribution is 2.31. The first kappa shape index (κ1) is 27.3. The van der Waals surface area contributed by atoms with E-state index >= 15 is 0 Å². The second kappa shape index (κ2) is 12.8. The summed E-state index contributed by atoms with van der Waals surface area (Å²) in [5.74, 6) is 0.372. The molecule has 0 saturated carbocycles. The zero-order chi connectivity index (χ0) is 28.7. The molecule has 1 amide bonds. The van der Waals surface area contributed by atoms with Crippen LogP contribution in [-0.4, -0.2) is 63.4 Å². The Morgan fingerprint density at radius 2 is 1.74 bits per heavy atom. The fourth-order valence-electron chi connectivity index (χ4n) is 5.01. The molecular formula is C33H33N7O2. The molecule has 0 atom stereocenters. The molecule has 9 heteroatoms. The quantitative estimate of drug-likeness (QED) is 0.249. The number of nitrogens with one attached hydrogen (secondary N) is 2. The van der Waals surface area contributed by atoms with Crippen molar-refractivity contribution in [2.24, 2.45) is 7.05 Å². The maximum Gasteiger partial charge on any atom is 0.255 e. The summed E-state index contributed by atoms with van der Waals surface area (Å²) in [6.07, 6.45) is 4.69. The van der Waals surface area contributed by atoms with Crippen molar-refractivity contribution in [2.45, 2.75) is 6.42 Å². The molecule has 5 aromatic rings. The molecule has 0 radical (unpaired) electrons. The number of amides is 1. The second-order valence-corrected chi connectivity index (χ2v) is 10.3. The summed E-state index contributed by atoms with van der Waals surface area (Å²) in [5.41, 5.74) is 6.92. The maximum absolute atomic E-state index is 12.5. The number of ether oxygens (including phenoxy) is 1. The Bertz CT molecular complexity index is 1650. The van der Waals surface area contributed by atoms with Gasteiger partial charge in [-0.25, -0.2) is 9.97 Å². The zero-order valence-corrected chi connectivity index (χ0v) is 23.5. The van der Waals surface area contributed by atoms with E-state index in [9.17, 15) is 4.79 Å². The van der Waals surface area contributed by atoms with E-state index < -0.39 is 0 Å². The minimum atomic E-state index is -0.148.